The Morgan fingerprint density at radius 3 is 2.90 bits per heavy atom. The number of rotatable bonds is 7. The first-order valence-corrected chi connectivity index (χ1v) is 8.13. The van der Waals surface area contributed by atoms with E-state index >= 15 is 0 Å². The molecule has 5 nitrogen and oxygen atoms in total. The average molecular weight is 291 g/mol. The zero-order chi connectivity index (χ0) is 15.2. The molecule has 0 radical (unpaired) electrons. The standard InChI is InChI=1S/C16H29N5/c1-5-17-15-10-13(3)18-16(19-15)12-20(4)11-14-8-7-9-21(14)6-2/h10,14H,5-9,11-12H2,1-4H3,(H,17,18,19). The molecule has 1 aromatic heterocycles. The molecule has 2 rings (SSSR count). The quantitative estimate of drug-likeness (QED) is 0.834. The Kier molecular flexibility index (Phi) is 5.94. The van der Waals surface area contributed by atoms with E-state index in [0.717, 1.165) is 43.5 Å². The molecular weight excluding hydrogens is 262 g/mol. The highest BCUT2D eigenvalue weighted by atomic mass is 15.2. The summed E-state index contributed by atoms with van der Waals surface area (Å²) in [5, 5.41) is 3.27. The van der Waals surface area contributed by atoms with Crippen molar-refractivity contribution in [1.82, 2.24) is 19.8 Å². The van der Waals surface area contributed by atoms with Gasteiger partial charge in [-0.15, -0.1) is 0 Å². The highest BCUT2D eigenvalue weighted by Crippen LogP contribution is 2.18. The van der Waals surface area contributed by atoms with Crippen molar-refractivity contribution in [3.63, 3.8) is 0 Å². The fourth-order valence-corrected chi connectivity index (χ4v) is 3.16. The molecule has 118 valence electrons. The van der Waals surface area contributed by atoms with Crippen LogP contribution in [0, 0.1) is 6.92 Å². The Hall–Kier alpha value is -1.20. The summed E-state index contributed by atoms with van der Waals surface area (Å²) in [6.45, 7) is 11.6. The molecule has 1 saturated heterocycles. The van der Waals surface area contributed by atoms with Crippen LogP contribution in [-0.4, -0.2) is 59.0 Å². The molecule has 0 spiro atoms. The zero-order valence-corrected chi connectivity index (χ0v) is 13.9. The van der Waals surface area contributed by atoms with Crippen LogP contribution in [0.1, 0.15) is 38.2 Å². The maximum atomic E-state index is 4.60. The molecule has 5 heteroatoms. The van der Waals surface area contributed by atoms with Gasteiger partial charge < -0.3 is 5.32 Å². The van der Waals surface area contributed by atoms with E-state index in [2.05, 4.69) is 46.0 Å². The van der Waals surface area contributed by atoms with E-state index in [1.807, 2.05) is 13.0 Å². The summed E-state index contributed by atoms with van der Waals surface area (Å²) in [7, 11) is 2.17. The van der Waals surface area contributed by atoms with Crippen LogP contribution in [0.2, 0.25) is 0 Å². The Bertz CT molecular complexity index is 448. The number of aromatic nitrogens is 2. The molecule has 1 N–H and O–H groups in total. The third kappa shape index (κ3) is 4.64. The van der Waals surface area contributed by atoms with E-state index in [4.69, 9.17) is 0 Å². The van der Waals surface area contributed by atoms with Crippen molar-refractivity contribution in [3.05, 3.63) is 17.6 Å². The second-order valence-electron chi connectivity index (χ2n) is 5.96. The summed E-state index contributed by atoms with van der Waals surface area (Å²) in [5.74, 6) is 1.85. The lowest BCUT2D eigenvalue weighted by atomic mass is 10.2. The van der Waals surface area contributed by atoms with Crippen molar-refractivity contribution in [3.8, 4) is 0 Å². The van der Waals surface area contributed by atoms with Gasteiger partial charge in [-0.25, -0.2) is 9.97 Å². The monoisotopic (exact) mass is 291 g/mol. The molecule has 1 aromatic rings. The lowest BCUT2D eigenvalue weighted by Gasteiger charge is -2.27. The minimum Gasteiger partial charge on any atom is -0.370 e. The topological polar surface area (TPSA) is 44.3 Å². The van der Waals surface area contributed by atoms with Crippen LogP contribution < -0.4 is 5.32 Å². The predicted octanol–water partition coefficient (Wildman–Crippen LogP) is 2.13. The Balaban J connectivity index is 1.94. The fraction of sp³-hybridized carbons (Fsp3) is 0.750. The van der Waals surface area contributed by atoms with Gasteiger partial charge in [0.1, 0.15) is 11.6 Å². The summed E-state index contributed by atoms with van der Waals surface area (Å²) in [4.78, 5) is 14.1. The van der Waals surface area contributed by atoms with E-state index < -0.39 is 0 Å². The lowest BCUT2D eigenvalue weighted by molar-refractivity contribution is 0.192. The van der Waals surface area contributed by atoms with E-state index in [0.29, 0.717) is 6.04 Å². The SMILES string of the molecule is CCNc1cc(C)nc(CN(C)CC2CCCN2CC)n1. The van der Waals surface area contributed by atoms with Gasteiger partial charge in [0.15, 0.2) is 0 Å². The van der Waals surface area contributed by atoms with Crippen molar-refractivity contribution in [1.29, 1.82) is 0 Å². The van der Waals surface area contributed by atoms with Crippen LogP contribution in [0.15, 0.2) is 6.07 Å². The Morgan fingerprint density at radius 2 is 2.19 bits per heavy atom. The van der Waals surface area contributed by atoms with Crippen LogP contribution in [0.4, 0.5) is 5.82 Å². The van der Waals surface area contributed by atoms with E-state index in [1.165, 1.54) is 19.4 Å². The van der Waals surface area contributed by atoms with Crippen LogP contribution in [0.5, 0.6) is 0 Å². The number of aryl methyl sites for hydroxylation is 1. The van der Waals surface area contributed by atoms with Crippen LogP contribution in [0.25, 0.3) is 0 Å². The Labute approximate surface area is 128 Å². The summed E-state index contributed by atoms with van der Waals surface area (Å²) in [5.41, 5.74) is 1.03. The molecule has 0 amide bonds. The van der Waals surface area contributed by atoms with Crippen LogP contribution in [-0.2, 0) is 6.54 Å². The minimum atomic E-state index is 0.693. The predicted molar refractivity (Wildman–Crippen MR) is 87.5 cm³/mol. The van der Waals surface area contributed by atoms with Crippen molar-refractivity contribution < 1.29 is 0 Å². The summed E-state index contributed by atoms with van der Waals surface area (Å²) in [6, 6.07) is 2.70. The molecule has 1 aliphatic rings. The third-order valence-corrected chi connectivity index (χ3v) is 4.10. The molecular formula is C16H29N5. The number of likely N-dealkylation sites (N-methyl/N-ethyl adjacent to an activating group) is 2. The maximum absolute atomic E-state index is 4.60. The van der Waals surface area contributed by atoms with Crippen molar-refractivity contribution >= 4 is 5.82 Å². The third-order valence-electron chi connectivity index (χ3n) is 4.10. The molecule has 0 aliphatic carbocycles. The van der Waals surface area contributed by atoms with Crippen LogP contribution in [0.3, 0.4) is 0 Å². The van der Waals surface area contributed by atoms with Crippen LogP contribution >= 0.6 is 0 Å². The van der Waals surface area contributed by atoms with Gasteiger partial charge in [0.05, 0.1) is 6.54 Å². The van der Waals surface area contributed by atoms with Crippen molar-refractivity contribution in [2.75, 3.05) is 38.5 Å². The first-order chi connectivity index (χ1) is 10.1. The average Bonchev–Trinajstić information content (AvgIpc) is 2.85. The second kappa shape index (κ2) is 7.71. The van der Waals surface area contributed by atoms with E-state index in [1.54, 1.807) is 0 Å². The number of anilines is 1. The highest BCUT2D eigenvalue weighted by molar-refractivity contribution is 5.35. The van der Waals surface area contributed by atoms with Crippen molar-refractivity contribution in [2.45, 2.75) is 46.2 Å². The van der Waals surface area contributed by atoms with Gasteiger partial charge in [0.25, 0.3) is 0 Å². The fourth-order valence-electron chi connectivity index (χ4n) is 3.16. The van der Waals surface area contributed by atoms with Gasteiger partial charge in [-0.3, -0.25) is 9.80 Å². The summed E-state index contributed by atoms with van der Waals surface area (Å²) >= 11 is 0. The number of nitrogens with one attached hydrogen (secondary N) is 1. The molecule has 1 unspecified atom stereocenters. The summed E-state index contributed by atoms with van der Waals surface area (Å²) < 4.78 is 0. The second-order valence-corrected chi connectivity index (χ2v) is 5.96. The molecule has 1 atom stereocenters. The highest BCUT2D eigenvalue weighted by Gasteiger charge is 2.24. The van der Waals surface area contributed by atoms with Gasteiger partial charge in [-0.05, 0) is 46.8 Å². The lowest BCUT2D eigenvalue weighted by Crippen LogP contribution is -2.38. The molecule has 2 heterocycles. The number of hydrogen-bond donors (Lipinski definition) is 1. The molecule has 0 saturated carbocycles. The first kappa shape index (κ1) is 16.2. The zero-order valence-electron chi connectivity index (χ0n) is 13.9. The smallest absolute Gasteiger partial charge is 0.144 e. The first-order valence-electron chi connectivity index (χ1n) is 8.13. The molecule has 1 fully saturated rings. The largest absolute Gasteiger partial charge is 0.370 e. The summed E-state index contributed by atoms with van der Waals surface area (Å²) in [6.07, 6.45) is 2.65. The molecule has 21 heavy (non-hydrogen) atoms. The number of hydrogen-bond acceptors (Lipinski definition) is 5. The Morgan fingerprint density at radius 1 is 1.38 bits per heavy atom. The van der Waals surface area contributed by atoms with E-state index in [9.17, 15) is 0 Å². The molecule has 0 bridgehead atoms. The van der Waals surface area contributed by atoms with Gasteiger partial charge >= 0.3 is 0 Å². The van der Waals surface area contributed by atoms with Gasteiger partial charge in [-0.1, -0.05) is 6.92 Å². The number of nitrogens with zero attached hydrogens (tertiary/aromatic N) is 4. The molecule has 1 aliphatic heterocycles. The van der Waals surface area contributed by atoms with E-state index in [-0.39, 0.29) is 0 Å². The normalized spacial score (nSPS) is 19.4. The maximum Gasteiger partial charge on any atom is 0.144 e. The van der Waals surface area contributed by atoms with Gasteiger partial charge in [0, 0.05) is 30.9 Å². The molecule has 0 aromatic carbocycles. The van der Waals surface area contributed by atoms with Crippen molar-refractivity contribution in [2.24, 2.45) is 0 Å². The minimum absolute atomic E-state index is 0.693. The number of likely N-dealkylation sites (tertiary alicyclic amines) is 1. The van der Waals surface area contributed by atoms with Gasteiger partial charge in [-0.2, -0.15) is 0 Å². The van der Waals surface area contributed by atoms with Gasteiger partial charge in [0.2, 0.25) is 0 Å².